The monoisotopic (exact) mass is 410 g/mol. The average molecular weight is 411 g/mol. The highest BCUT2D eigenvalue weighted by atomic mass is 35.5. The normalized spacial score (nSPS) is 33.6. The first-order valence-electron chi connectivity index (χ1n) is 9.38. The number of carbonyl (C=O) groups excluding carboxylic acids is 2. The number of benzene rings is 1. The Morgan fingerprint density at radius 2 is 2.00 bits per heavy atom. The van der Waals surface area contributed by atoms with Crippen LogP contribution in [-0.2, 0) is 9.59 Å². The molecular weight excluding hydrogens is 387 g/mol. The van der Waals surface area contributed by atoms with Gasteiger partial charge in [-0.2, -0.15) is 0 Å². The van der Waals surface area contributed by atoms with Gasteiger partial charge in [-0.3, -0.25) is 15.0 Å². The summed E-state index contributed by atoms with van der Waals surface area (Å²) in [7, 11) is 1.93. The molecule has 1 heterocycles. The summed E-state index contributed by atoms with van der Waals surface area (Å²) in [5.41, 5.74) is 2.78. The largest absolute Gasteiger partial charge is 0.484 e. The molecule has 1 aliphatic heterocycles. The van der Waals surface area contributed by atoms with Crippen LogP contribution in [0.2, 0.25) is 5.02 Å². The zero-order valence-corrected chi connectivity index (χ0v) is 16.6. The van der Waals surface area contributed by atoms with E-state index in [1.54, 1.807) is 0 Å². The van der Waals surface area contributed by atoms with E-state index in [2.05, 4.69) is 16.1 Å². The van der Waals surface area contributed by atoms with E-state index in [1.807, 2.05) is 19.0 Å². The van der Waals surface area contributed by atoms with Crippen molar-refractivity contribution in [3.63, 3.8) is 0 Å². The van der Waals surface area contributed by atoms with Gasteiger partial charge in [-0.1, -0.05) is 11.6 Å². The maximum atomic E-state index is 13.4. The predicted octanol–water partition coefficient (Wildman–Crippen LogP) is 1.22. The lowest BCUT2D eigenvalue weighted by Gasteiger charge is -2.70. The van der Waals surface area contributed by atoms with Crippen LogP contribution in [0, 0.1) is 11.7 Å². The highest BCUT2D eigenvalue weighted by molar-refractivity contribution is 6.30. The van der Waals surface area contributed by atoms with Crippen LogP contribution in [0.1, 0.15) is 26.2 Å². The number of rotatable bonds is 6. The standard InChI is InChI=1S/C19H24ClFN4O3/c1-11-13(6-25(2)24-11)17(27)23-19-8-18(9-19,10-19)22-16(26)7-28-12-3-4-14(20)15(21)5-12/h3-5,11,13,24H,6-10H2,1-2H3,(H,22,26)(H,23,27). The number of hydrazine groups is 1. The number of hydrogen-bond donors (Lipinski definition) is 3. The van der Waals surface area contributed by atoms with Crippen molar-refractivity contribution in [3.05, 3.63) is 29.0 Å². The lowest BCUT2D eigenvalue weighted by Crippen LogP contribution is -2.84. The molecule has 0 aromatic heterocycles. The van der Waals surface area contributed by atoms with Crippen LogP contribution in [0.4, 0.5) is 4.39 Å². The van der Waals surface area contributed by atoms with E-state index in [1.165, 1.54) is 12.1 Å². The van der Waals surface area contributed by atoms with Crippen molar-refractivity contribution in [2.24, 2.45) is 5.92 Å². The highest BCUT2D eigenvalue weighted by Gasteiger charge is 2.69. The summed E-state index contributed by atoms with van der Waals surface area (Å²) in [5, 5.41) is 8.10. The molecule has 1 aromatic carbocycles. The fraction of sp³-hybridized carbons (Fsp3) is 0.579. The van der Waals surface area contributed by atoms with Crippen molar-refractivity contribution in [3.8, 4) is 5.75 Å². The molecule has 2 amide bonds. The third kappa shape index (κ3) is 3.56. The highest BCUT2D eigenvalue weighted by Crippen LogP contribution is 2.60. The quantitative estimate of drug-likeness (QED) is 0.657. The summed E-state index contributed by atoms with van der Waals surface area (Å²) in [4.78, 5) is 24.7. The Morgan fingerprint density at radius 3 is 2.61 bits per heavy atom. The summed E-state index contributed by atoms with van der Waals surface area (Å²) in [6.07, 6.45) is 2.20. The SMILES string of the molecule is CC1NN(C)CC1C(=O)NC12CC(NC(=O)COc3ccc(Cl)c(F)c3)(C1)C2. The molecule has 152 valence electrons. The van der Waals surface area contributed by atoms with Gasteiger partial charge < -0.3 is 15.4 Å². The van der Waals surface area contributed by atoms with E-state index >= 15 is 0 Å². The first kappa shape index (κ1) is 19.4. The van der Waals surface area contributed by atoms with Crippen LogP contribution in [-0.4, -0.2) is 54.1 Å². The number of halogens is 2. The van der Waals surface area contributed by atoms with Gasteiger partial charge in [-0.15, -0.1) is 0 Å². The Bertz CT molecular complexity index is 801. The molecule has 0 spiro atoms. The second-order valence-electron chi connectivity index (χ2n) is 8.40. The predicted molar refractivity (Wildman–Crippen MR) is 101 cm³/mol. The van der Waals surface area contributed by atoms with E-state index in [0.717, 1.165) is 25.3 Å². The van der Waals surface area contributed by atoms with Crippen LogP contribution in [0.3, 0.4) is 0 Å². The Balaban J connectivity index is 1.21. The Morgan fingerprint density at radius 1 is 1.32 bits per heavy atom. The number of hydrogen-bond acceptors (Lipinski definition) is 5. The van der Waals surface area contributed by atoms with E-state index in [4.69, 9.17) is 16.3 Å². The number of carbonyl (C=O) groups is 2. The summed E-state index contributed by atoms with van der Waals surface area (Å²) in [6, 6.07) is 4.16. The third-order valence-electron chi connectivity index (χ3n) is 5.92. The molecule has 2 unspecified atom stereocenters. The molecule has 4 fully saturated rings. The summed E-state index contributed by atoms with van der Waals surface area (Å²) >= 11 is 5.62. The van der Waals surface area contributed by atoms with Gasteiger partial charge in [0.25, 0.3) is 5.91 Å². The molecule has 28 heavy (non-hydrogen) atoms. The first-order valence-corrected chi connectivity index (χ1v) is 9.75. The maximum absolute atomic E-state index is 13.4. The van der Waals surface area contributed by atoms with Crippen molar-refractivity contribution in [1.82, 2.24) is 21.1 Å². The molecule has 4 aliphatic rings. The Labute approximate surface area is 167 Å². The molecule has 3 saturated carbocycles. The summed E-state index contributed by atoms with van der Waals surface area (Å²) in [6.45, 7) is 2.50. The summed E-state index contributed by atoms with van der Waals surface area (Å²) in [5.74, 6) is -0.600. The fourth-order valence-corrected chi connectivity index (χ4v) is 4.83. The van der Waals surface area contributed by atoms with Crippen LogP contribution < -0.4 is 20.8 Å². The lowest BCUT2D eigenvalue weighted by atomic mass is 9.44. The van der Waals surface area contributed by atoms with Crippen molar-refractivity contribution >= 4 is 23.4 Å². The van der Waals surface area contributed by atoms with Gasteiger partial charge in [-0.05, 0) is 38.3 Å². The minimum atomic E-state index is -0.588. The van der Waals surface area contributed by atoms with Crippen molar-refractivity contribution in [2.45, 2.75) is 43.3 Å². The Hall–Kier alpha value is -1.90. The number of nitrogens with zero attached hydrogens (tertiary/aromatic N) is 1. The van der Waals surface area contributed by atoms with E-state index in [-0.39, 0.29) is 52.2 Å². The molecule has 0 radical (unpaired) electrons. The van der Waals surface area contributed by atoms with Crippen molar-refractivity contribution < 1.29 is 18.7 Å². The molecule has 1 aromatic rings. The first-order chi connectivity index (χ1) is 13.2. The zero-order valence-electron chi connectivity index (χ0n) is 15.9. The molecule has 5 rings (SSSR count). The van der Waals surface area contributed by atoms with E-state index < -0.39 is 5.82 Å². The van der Waals surface area contributed by atoms with Gasteiger partial charge in [0, 0.05) is 36.8 Å². The van der Waals surface area contributed by atoms with Crippen molar-refractivity contribution in [2.75, 3.05) is 20.2 Å². The second kappa shape index (κ2) is 6.86. The molecule has 9 heteroatoms. The van der Waals surface area contributed by atoms with Gasteiger partial charge in [0.05, 0.1) is 10.9 Å². The molecule has 1 saturated heterocycles. The van der Waals surface area contributed by atoms with Gasteiger partial charge in [-0.25, -0.2) is 9.40 Å². The number of ether oxygens (including phenoxy) is 1. The maximum Gasteiger partial charge on any atom is 0.258 e. The molecule has 3 aliphatic carbocycles. The van der Waals surface area contributed by atoms with Gasteiger partial charge >= 0.3 is 0 Å². The van der Waals surface area contributed by atoms with Crippen LogP contribution >= 0.6 is 11.6 Å². The molecule has 7 nitrogen and oxygen atoms in total. The van der Waals surface area contributed by atoms with Crippen LogP contribution in [0.5, 0.6) is 5.75 Å². The Kier molecular flexibility index (Phi) is 4.76. The van der Waals surface area contributed by atoms with Gasteiger partial charge in [0.2, 0.25) is 5.91 Å². The summed E-state index contributed by atoms with van der Waals surface area (Å²) < 4.78 is 18.7. The second-order valence-corrected chi connectivity index (χ2v) is 8.80. The number of amides is 2. The third-order valence-corrected chi connectivity index (χ3v) is 6.23. The molecular formula is C19H24ClFN4O3. The molecule has 2 atom stereocenters. The van der Waals surface area contributed by atoms with Gasteiger partial charge in [0.15, 0.2) is 6.61 Å². The topological polar surface area (TPSA) is 82.7 Å². The average Bonchev–Trinajstić information content (AvgIpc) is 2.91. The lowest BCUT2D eigenvalue weighted by molar-refractivity contribution is -0.152. The van der Waals surface area contributed by atoms with Gasteiger partial charge in [0.1, 0.15) is 11.6 Å². The van der Waals surface area contributed by atoms with Crippen LogP contribution in [0.25, 0.3) is 0 Å². The number of nitrogens with one attached hydrogen (secondary N) is 3. The fourth-order valence-electron chi connectivity index (χ4n) is 4.71. The van der Waals surface area contributed by atoms with Crippen molar-refractivity contribution in [1.29, 1.82) is 0 Å². The van der Waals surface area contributed by atoms with Crippen LogP contribution in [0.15, 0.2) is 18.2 Å². The van der Waals surface area contributed by atoms with E-state index in [0.29, 0.717) is 6.54 Å². The minimum absolute atomic E-state index is 0.00689. The molecule has 3 N–H and O–H groups in total. The smallest absolute Gasteiger partial charge is 0.258 e. The molecule has 2 bridgehead atoms. The van der Waals surface area contributed by atoms with E-state index in [9.17, 15) is 14.0 Å². The zero-order chi connectivity index (χ0) is 20.1. The minimum Gasteiger partial charge on any atom is -0.484 e.